The van der Waals surface area contributed by atoms with Crippen molar-refractivity contribution in [2.24, 2.45) is 0 Å². The van der Waals surface area contributed by atoms with Crippen LogP contribution in [0.2, 0.25) is 0 Å². The minimum atomic E-state index is -0.374. The van der Waals surface area contributed by atoms with Gasteiger partial charge in [-0.3, -0.25) is 9.59 Å². The smallest absolute Gasteiger partial charge is 0.257 e. The van der Waals surface area contributed by atoms with Crippen molar-refractivity contribution in [1.82, 2.24) is 10.3 Å². The van der Waals surface area contributed by atoms with Gasteiger partial charge in [0.05, 0.1) is 29.5 Å². The maximum absolute atomic E-state index is 12.4. The van der Waals surface area contributed by atoms with Crippen LogP contribution >= 0.6 is 0 Å². The Morgan fingerprint density at radius 3 is 2.60 bits per heavy atom. The Kier molecular flexibility index (Phi) is 6.13. The normalized spacial score (nSPS) is 10.0. The number of ether oxygens (including phenoxy) is 1. The minimum absolute atomic E-state index is 0.000534. The van der Waals surface area contributed by atoms with Crippen LogP contribution in [0.3, 0.4) is 0 Å². The second-order valence-corrected chi connectivity index (χ2v) is 5.44. The SMILES string of the molecule is C#CCNC(=O)c1ccccc1NC(=O)c1ccc(OC(C)C)nc1. The molecule has 0 fully saturated rings. The number of carbonyl (C=O) groups is 2. The first-order valence-corrected chi connectivity index (χ1v) is 7.76. The lowest BCUT2D eigenvalue weighted by Crippen LogP contribution is -2.25. The molecular weight excluding hydrogens is 318 g/mol. The Morgan fingerprint density at radius 2 is 1.96 bits per heavy atom. The molecule has 6 nitrogen and oxygen atoms in total. The van der Waals surface area contributed by atoms with Gasteiger partial charge in [-0.2, -0.15) is 0 Å². The summed E-state index contributed by atoms with van der Waals surface area (Å²) in [6, 6.07) is 9.93. The maximum atomic E-state index is 12.4. The highest BCUT2D eigenvalue weighted by Crippen LogP contribution is 2.17. The zero-order valence-corrected chi connectivity index (χ0v) is 14.1. The summed E-state index contributed by atoms with van der Waals surface area (Å²) in [6.45, 7) is 3.90. The average molecular weight is 337 g/mol. The van der Waals surface area contributed by atoms with Crippen LogP contribution in [0.5, 0.6) is 5.88 Å². The van der Waals surface area contributed by atoms with Crippen molar-refractivity contribution < 1.29 is 14.3 Å². The molecule has 0 radical (unpaired) electrons. The number of nitrogens with zero attached hydrogens (tertiary/aromatic N) is 1. The largest absolute Gasteiger partial charge is 0.475 e. The number of pyridine rings is 1. The topological polar surface area (TPSA) is 80.3 Å². The van der Waals surface area contributed by atoms with Gasteiger partial charge in [-0.05, 0) is 32.0 Å². The lowest BCUT2D eigenvalue weighted by molar-refractivity contribution is 0.0959. The monoisotopic (exact) mass is 337 g/mol. The molecule has 0 saturated heterocycles. The van der Waals surface area contributed by atoms with Gasteiger partial charge < -0.3 is 15.4 Å². The predicted molar refractivity (Wildman–Crippen MR) is 95.6 cm³/mol. The summed E-state index contributed by atoms with van der Waals surface area (Å²) in [6.07, 6.45) is 6.57. The average Bonchev–Trinajstić information content (AvgIpc) is 2.60. The lowest BCUT2D eigenvalue weighted by atomic mass is 10.1. The second kappa shape index (κ2) is 8.50. The first-order valence-electron chi connectivity index (χ1n) is 7.76. The summed E-state index contributed by atoms with van der Waals surface area (Å²) >= 11 is 0. The maximum Gasteiger partial charge on any atom is 0.257 e. The van der Waals surface area contributed by atoms with E-state index in [1.54, 1.807) is 36.4 Å². The summed E-state index contributed by atoms with van der Waals surface area (Å²) < 4.78 is 5.44. The molecule has 1 aromatic carbocycles. The third kappa shape index (κ3) is 5.08. The molecule has 25 heavy (non-hydrogen) atoms. The number of amides is 2. The molecule has 2 amide bonds. The Balaban J connectivity index is 2.13. The van der Waals surface area contributed by atoms with Crippen LogP contribution in [0.25, 0.3) is 0 Å². The number of rotatable bonds is 6. The van der Waals surface area contributed by atoms with Gasteiger partial charge in [0.2, 0.25) is 5.88 Å². The van der Waals surface area contributed by atoms with Crippen molar-refractivity contribution in [2.45, 2.75) is 20.0 Å². The Morgan fingerprint density at radius 1 is 1.20 bits per heavy atom. The molecule has 0 spiro atoms. The van der Waals surface area contributed by atoms with Gasteiger partial charge in [-0.25, -0.2) is 4.98 Å². The molecule has 2 aromatic rings. The molecule has 2 rings (SSSR count). The van der Waals surface area contributed by atoms with E-state index < -0.39 is 0 Å². The van der Waals surface area contributed by atoms with Crippen LogP contribution in [0.4, 0.5) is 5.69 Å². The van der Waals surface area contributed by atoms with E-state index in [0.29, 0.717) is 22.7 Å². The summed E-state index contributed by atoms with van der Waals surface area (Å²) in [5.41, 5.74) is 1.08. The van der Waals surface area contributed by atoms with Crippen LogP contribution < -0.4 is 15.4 Å². The standard InChI is InChI=1S/C19H19N3O3/c1-4-11-20-19(24)15-7-5-6-8-16(15)22-18(23)14-9-10-17(21-12-14)25-13(2)3/h1,5-10,12-13H,11H2,2-3H3,(H,20,24)(H,22,23). The Labute approximate surface area is 146 Å². The van der Waals surface area contributed by atoms with E-state index in [0.717, 1.165) is 0 Å². The third-order valence-electron chi connectivity index (χ3n) is 3.13. The van der Waals surface area contributed by atoms with Gasteiger partial charge >= 0.3 is 0 Å². The van der Waals surface area contributed by atoms with E-state index in [2.05, 4.69) is 21.5 Å². The Hall–Kier alpha value is -3.33. The molecule has 128 valence electrons. The van der Waals surface area contributed by atoms with Crippen molar-refractivity contribution in [1.29, 1.82) is 0 Å². The van der Waals surface area contributed by atoms with Gasteiger partial charge in [-0.15, -0.1) is 6.42 Å². The number of benzene rings is 1. The highest BCUT2D eigenvalue weighted by molar-refractivity contribution is 6.08. The predicted octanol–water partition coefficient (Wildman–Crippen LogP) is 2.48. The second-order valence-electron chi connectivity index (χ2n) is 5.44. The third-order valence-corrected chi connectivity index (χ3v) is 3.13. The van der Waals surface area contributed by atoms with Crippen LogP contribution in [-0.2, 0) is 0 Å². The van der Waals surface area contributed by atoms with Gasteiger partial charge in [0, 0.05) is 12.3 Å². The molecule has 1 heterocycles. The van der Waals surface area contributed by atoms with Gasteiger partial charge in [0.25, 0.3) is 11.8 Å². The zero-order chi connectivity index (χ0) is 18.2. The molecule has 0 aliphatic heterocycles. The molecule has 1 aromatic heterocycles. The van der Waals surface area contributed by atoms with Crippen LogP contribution in [-0.4, -0.2) is 29.4 Å². The highest BCUT2D eigenvalue weighted by Gasteiger charge is 2.14. The van der Waals surface area contributed by atoms with Crippen molar-refractivity contribution in [3.8, 4) is 18.2 Å². The van der Waals surface area contributed by atoms with Gasteiger partial charge in [-0.1, -0.05) is 18.1 Å². The van der Waals surface area contributed by atoms with Crippen molar-refractivity contribution in [2.75, 3.05) is 11.9 Å². The molecule has 2 N–H and O–H groups in total. The summed E-state index contributed by atoms with van der Waals surface area (Å²) in [5.74, 6) is 2.05. The minimum Gasteiger partial charge on any atom is -0.475 e. The molecule has 0 bridgehead atoms. The van der Waals surface area contributed by atoms with E-state index in [9.17, 15) is 9.59 Å². The molecule has 0 aliphatic carbocycles. The van der Waals surface area contributed by atoms with E-state index in [1.165, 1.54) is 6.20 Å². The van der Waals surface area contributed by atoms with Crippen LogP contribution in [0, 0.1) is 12.3 Å². The van der Waals surface area contributed by atoms with Crippen LogP contribution in [0.1, 0.15) is 34.6 Å². The van der Waals surface area contributed by atoms with E-state index >= 15 is 0 Å². The fraction of sp³-hybridized carbons (Fsp3) is 0.211. The lowest BCUT2D eigenvalue weighted by Gasteiger charge is -2.11. The van der Waals surface area contributed by atoms with Crippen molar-refractivity contribution in [3.05, 3.63) is 53.7 Å². The molecule has 6 heteroatoms. The quantitative estimate of drug-likeness (QED) is 0.794. The molecular formula is C19H19N3O3. The number of terminal acetylenes is 1. The Bertz CT molecular complexity index is 792. The summed E-state index contributed by atoms with van der Waals surface area (Å²) in [5, 5.41) is 5.28. The van der Waals surface area contributed by atoms with E-state index in [-0.39, 0.29) is 24.5 Å². The van der Waals surface area contributed by atoms with Crippen molar-refractivity contribution >= 4 is 17.5 Å². The van der Waals surface area contributed by atoms with Crippen LogP contribution in [0.15, 0.2) is 42.6 Å². The molecule has 0 atom stereocenters. The van der Waals surface area contributed by atoms with Crippen molar-refractivity contribution in [3.63, 3.8) is 0 Å². The fourth-order valence-electron chi connectivity index (χ4n) is 2.04. The number of carbonyl (C=O) groups excluding carboxylic acids is 2. The molecule has 0 aliphatic rings. The first kappa shape index (κ1) is 18.0. The van der Waals surface area contributed by atoms with E-state index in [1.807, 2.05) is 13.8 Å². The zero-order valence-electron chi connectivity index (χ0n) is 14.1. The highest BCUT2D eigenvalue weighted by atomic mass is 16.5. The first-order chi connectivity index (χ1) is 12.0. The molecule has 0 unspecified atom stereocenters. The number of nitrogens with one attached hydrogen (secondary N) is 2. The van der Waals surface area contributed by atoms with Gasteiger partial charge in [0.15, 0.2) is 0 Å². The summed E-state index contributed by atoms with van der Waals surface area (Å²) in [7, 11) is 0. The summed E-state index contributed by atoms with van der Waals surface area (Å²) in [4.78, 5) is 28.6. The molecule has 0 saturated carbocycles. The number of hydrogen-bond donors (Lipinski definition) is 2. The number of anilines is 1. The number of hydrogen-bond acceptors (Lipinski definition) is 4. The number of para-hydroxylation sites is 1. The van der Waals surface area contributed by atoms with Gasteiger partial charge in [0.1, 0.15) is 0 Å². The fourth-order valence-corrected chi connectivity index (χ4v) is 2.04. The number of aromatic nitrogens is 1. The van der Waals surface area contributed by atoms with E-state index in [4.69, 9.17) is 11.2 Å².